The number of sulfonamides is 1. The Bertz CT molecular complexity index is 723. The van der Waals surface area contributed by atoms with Crippen LogP contribution in [-0.2, 0) is 10.0 Å². The molecular formula is C19H29N3O3S. The highest BCUT2D eigenvalue weighted by molar-refractivity contribution is 7.89. The van der Waals surface area contributed by atoms with E-state index in [2.05, 4.69) is 17.0 Å². The third-order valence-electron chi connectivity index (χ3n) is 5.23. The maximum Gasteiger partial charge on any atom is 0.253 e. The standard InChI is InChI=1S/C19H29N3O3S/c1-2-20-13-16-8-10-22(11-9-16)19(23)17-4-3-5-18(12-17)26(24,25)21-14-15-6-7-15/h3-5,12,15-16,20-21H,2,6-11,13-14H2,1H3. The van der Waals surface area contributed by atoms with Gasteiger partial charge in [0, 0.05) is 25.2 Å². The van der Waals surface area contributed by atoms with E-state index in [9.17, 15) is 13.2 Å². The number of likely N-dealkylation sites (tertiary alicyclic amines) is 1. The summed E-state index contributed by atoms with van der Waals surface area (Å²) in [5, 5.41) is 3.36. The van der Waals surface area contributed by atoms with Crippen LogP contribution in [0.4, 0.5) is 0 Å². The minimum absolute atomic E-state index is 0.0776. The monoisotopic (exact) mass is 379 g/mol. The van der Waals surface area contributed by atoms with Gasteiger partial charge in [-0.3, -0.25) is 4.79 Å². The Morgan fingerprint density at radius 2 is 1.81 bits per heavy atom. The summed E-state index contributed by atoms with van der Waals surface area (Å²) in [4.78, 5) is 14.8. The molecule has 0 atom stereocenters. The molecule has 0 spiro atoms. The van der Waals surface area contributed by atoms with E-state index >= 15 is 0 Å². The number of nitrogens with zero attached hydrogens (tertiary/aromatic N) is 1. The molecule has 3 rings (SSSR count). The molecule has 2 fully saturated rings. The molecule has 1 aromatic carbocycles. The summed E-state index contributed by atoms with van der Waals surface area (Å²) in [7, 11) is -3.55. The van der Waals surface area contributed by atoms with E-state index in [0.717, 1.165) is 51.9 Å². The van der Waals surface area contributed by atoms with Gasteiger partial charge in [-0.25, -0.2) is 13.1 Å². The summed E-state index contributed by atoms with van der Waals surface area (Å²) in [5.74, 6) is 1.00. The van der Waals surface area contributed by atoms with Crippen molar-refractivity contribution in [3.63, 3.8) is 0 Å². The summed E-state index contributed by atoms with van der Waals surface area (Å²) in [6, 6.07) is 6.40. The van der Waals surface area contributed by atoms with E-state index in [1.54, 1.807) is 18.2 Å². The van der Waals surface area contributed by atoms with Gasteiger partial charge in [-0.2, -0.15) is 0 Å². The Hall–Kier alpha value is -1.44. The molecule has 0 bridgehead atoms. The molecule has 1 saturated heterocycles. The van der Waals surface area contributed by atoms with Gasteiger partial charge in [0.2, 0.25) is 10.0 Å². The molecule has 1 saturated carbocycles. The zero-order chi connectivity index (χ0) is 18.6. The van der Waals surface area contributed by atoms with Crippen molar-refractivity contribution >= 4 is 15.9 Å². The summed E-state index contributed by atoms with van der Waals surface area (Å²) in [6.07, 6.45) is 4.15. The van der Waals surface area contributed by atoms with Gasteiger partial charge in [0.15, 0.2) is 0 Å². The lowest BCUT2D eigenvalue weighted by atomic mass is 9.96. The van der Waals surface area contributed by atoms with Crippen LogP contribution in [0, 0.1) is 11.8 Å². The van der Waals surface area contributed by atoms with Gasteiger partial charge < -0.3 is 10.2 Å². The lowest BCUT2D eigenvalue weighted by Gasteiger charge is -2.32. The van der Waals surface area contributed by atoms with E-state index < -0.39 is 10.0 Å². The molecule has 1 aromatic rings. The Balaban J connectivity index is 1.61. The fraction of sp³-hybridized carbons (Fsp3) is 0.632. The quantitative estimate of drug-likeness (QED) is 0.722. The van der Waals surface area contributed by atoms with Crippen molar-refractivity contribution in [3.8, 4) is 0 Å². The van der Waals surface area contributed by atoms with E-state index in [1.807, 2.05) is 4.90 Å². The van der Waals surface area contributed by atoms with Crippen molar-refractivity contribution in [2.24, 2.45) is 11.8 Å². The van der Waals surface area contributed by atoms with Gasteiger partial charge in [0.1, 0.15) is 0 Å². The Morgan fingerprint density at radius 3 is 2.46 bits per heavy atom. The molecule has 1 aliphatic heterocycles. The number of rotatable bonds is 8. The van der Waals surface area contributed by atoms with E-state index in [0.29, 0.717) is 23.9 Å². The van der Waals surface area contributed by atoms with Crippen LogP contribution in [0.15, 0.2) is 29.2 Å². The minimum atomic E-state index is -3.55. The molecule has 7 heteroatoms. The molecule has 0 aromatic heterocycles. The molecular weight excluding hydrogens is 350 g/mol. The van der Waals surface area contributed by atoms with Crippen molar-refractivity contribution in [1.82, 2.24) is 14.9 Å². The first-order valence-electron chi connectivity index (χ1n) is 9.59. The third kappa shape index (κ3) is 5.05. The Morgan fingerprint density at radius 1 is 1.12 bits per heavy atom. The number of hydrogen-bond donors (Lipinski definition) is 2. The number of amides is 1. The highest BCUT2D eigenvalue weighted by atomic mass is 32.2. The molecule has 1 amide bonds. The van der Waals surface area contributed by atoms with Gasteiger partial charge in [0.05, 0.1) is 4.90 Å². The first-order valence-corrected chi connectivity index (χ1v) is 11.1. The average Bonchev–Trinajstić information content (AvgIpc) is 3.49. The van der Waals surface area contributed by atoms with E-state index in [1.165, 1.54) is 6.07 Å². The SMILES string of the molecule is CCNCC1CCN(C(=O)c2cccc(S(=O)(=O)NCC3CC3)c2)CC1. The molecule has 6 nitrogen and oxygen atoms in total. The van der Waals surface area contributed by atoms with Crippen molar-refractivity contribution < 1.29 is 13.2 Å². The van der Waals surface area contributed by atoms with Gasteiger partial charge in [-0.05, 0) is 68.8 Å². The van der Waals surface area contributed by atoms with Gasteiger partial charge in [0.25, 0.3) is 5.91 Å². The molecule has 0 unspecified atom stereocenters. The van der Waals surface area contributed by atoms with Gasteiger partial charge in [-0.15, -0.1) is 0 Å². The third-order valence-corrected chi connectivity index (χ3v) is 6.66. The molecule has 2 N–H and O–H groups in total. The second kappa shape index (κ2) is 8.50. The zero-order valence-electron chi connectivity index (χ0n) is 15.4. The molecule has 2 aliphatic rings. The fourth-order valence-electron chi connectivity index (χ4n) is 3.30. The summed E-state index contributed by atoms with van der Waals surface area (Å²) >= 11 is 0. The second-order valence-electron chi connectivity index (χ2n) is 7.37. The van der Waals surface area contributed by atoms with Gasteiger partial charge in [-0.1, -0.05) is 13.0 Å². The van der Waals surface area contributed by atoms with Crippen LogP contribution in [-0.4, -0.2) is 51.9 Å². The van der Waals surface area contributed by atoms with Crippen LogP contribution in [0.25, 0.3) is 0 Å². The number of carbonyl (C=O) groups excluding carboxylic acids is 1. The van der Waals surface area contributed by atoms with Crippen LogP contribution < -0.4 is 10.0 Å². The van der Waals surface area contributed by atoms with Crippen LogP contribution in [0.3, 0.4) is 0 Å². The van der Waals surface area contributed by atoms with E-state index in [-0.39, 0.29) is 10.8 Å². The average molecular weight is 380 g/mol. The lowest BCUT2D eigenvalue weighted by Crippen LogP contribution is -2.40. The van der Waals surface area contributed by atoms with Crippen LogP contribution in [0.5, 0.6) is 0 Å². The van der Waals surface area contributed by atoms with Crippen molar-refractivity contribution in [2.45, 2.75) is 37.5 Å². The first kappa shape index (κ1) is 19.3. The Labute approximate surface area is 156 Å². The number of piperidine rings is 1. The molecule has 1 heterocycles. The van der Waals surface area contributed by atoms with Crippen molar-refractivity contribution in [3.05, 3.63) is 29.8 Å². The summed E-state index contributed by atoms with van der Waals surface area (Å²) in [5.41, 5.74) is 0.449. The largest absolute Gasteiger partial charge is 0.339 e. The maximum atomic E-state index is 12.8. The van der Waals surface area contributed by atoms with Crippen molar-refractivity contribution in [2.75, 3.05) is 32.7 Å². The molecule has 1 aliphatic carbocycles. The topological polar surface area (TPSA) is 78.5 Å². The fourth-order valence-corrected chi connectivity index (χ4v) is 4.46. The predicted molar refractivity (Wildman–Crippen MR) is 102 cm³/mol. The predicted octanol–water partition coefficient (Wildman–Crippen LogP) is 1.84. The number of carbonyl (C=O) groups is 1. The minimum Gasteiger partial charge on any atom is -0.339 e. The lowest BCUT2D eigenvalue weighted by molar-refractivity contribution is 0.0690. The smallest absolute Gasteiger partial charge is 0.253 e. The first-order chi connectivity index (χ1) is 12.5. The molecule has 144 valence electrons. The van der Waals surface area contributed by atoms with Gasteiger partial charge >= 0.3 is 0 Å². The van der Waals surface area contributed by atoms with Crippen LogP contribution in [0.1, 0.15) is 43.0 Å². The van der Waals surface area contributed by atoms with E-state index in [4.69, 9.17) is 0 Å². The van der Waals surface area contributed by atoms with Crippen molar-refractivity contribution in [1.29, 1.82) is 0 Å². The van der Waals surface area contributed by atoms with Crippen LogP contribution >= 0.6 is 0 Å². The second-order valence-corrected chi connectivity index (χ2v) is 9.13. The number of nitrogens with one attached hydrogen (secondary N) is 2. The highest BCUT2D eigenvalue weighted by Gasteiger charge is 2.26. The normalized spacial score (nSPS) is 18.9. The maximum absolute atomic E-state index is 12.8. The number of hydrogen-bond acceptors (Lipinski definition) is 4. The molecule has 0 radical (unpaired) electrons. The summed E-state index contributed by atoms with van der Waals surface area (Å²) < 4.78 is 27.5. The van der Waals surface area contributed by atoms with Crippen LogP contribution in [0.2, 0.25) is 0 Å². The summed E-state index contributed by atoms with van der Waals surface area (Å²) in [6.45, 7) is 6.00. The molecule has 26 heavy (non-hydrogen) atoms. The Kier molecular flexibility index (Phi) is 6.32. The zero-order valence-corrected chi connectivity index (χ0v) is 16.2. The number of benzene rings is 1. The highest BCUT2D eigenvalue weighted by Crippen LogP contribution is 2.28.